The van der Waals surface area contributed by atoms with E-state index in [1.807, 2.05) is 6.07 Å². The molecular formula is C19H30N4O3. The summed E-state index contributed by atoms with van der Waals surface area (Å²) in [5, 5.41) is 6.35. The number of amides is 2. The van der Waals surface area contributed by atoms with Gasteiger partial charge in [0, 0.05) is 37.6 Å². The van der Waals surface area contributed by atoms with Gasteiger partial charge in [0.05, 0.1) is 6.61 Å². The van der Waals surface area contributed by atoms with Crippen molar-refractivity contribution in [3.05, 3.63) is 24.0 Å². The van der Waals surface area contributed by atoms with Crippen LogP contribution in [0.5, 0.6) is 0 Å². The summed E-state index contributed by atoms with van der Waals surface area (Å²) in [5.41, 5.74) is 1.32. The number of piperidine rings is 1. The van der Waals surface area contributed by atoms with Gasteiger partial charge in [0.2, 0.25) is 0 Å². The lowest BCUT2D eigenvalue weighted by Gasteiger charge is -2.31. The van der Waals surface area contributed by atoms with Crippen LogP contribution in [0, 0.1) is 5.92 Å². The van der Waals surface area contributed by atoms with E-state index < -0.39 is 0 Å². The number of anilines is 1. The van der Waals surface area contributed by atoms with E-state index in [4.69, 9.17) is 4.74 Å². The minimum atomic E-state index is -0.279. The largest absolute Gasteiger partial charge is 0.450 e. The first-order valence-corrected chi connectivity index (χ1v) is 9.42. The second-order valence-corrected chi connectivity index (χ2v) is 6.97. The molecule has 1 aromatic rings. The van der Waals surface area contributed by atoms with Crippen molar-refractivity contribution in [1.82, 2.24) is 15.2 Å². The third kappa shape index (κ3) is 6.20. The summed E-state index contributed by atoms with van der Waals surface area (Å²) in [6, 6.07) is 3.70. The fourth-order valence-electron chi connectivity index (χ4n) is 2.85. The predicted molar refractivity (Wildman–Crippen MR) is 101 cm³/mol. The summed E-state index contributed by atoms with van der Waals surface area (Å²) in [5.74, 6) is 0.458. The van der Waals surface area contributed by atoms with E-state index in [-0.39, 0.29) is 18.0 Å². The van der Waals surface area contributed by atoms with Crippen molar-refractivity contribution in [1.29, 1.82) is 0 Å². The Morgan fingerprint density at radius 2 is 2.08 bits per heavy atom. The third-order valence-electron chi connectivity index (χ3n) is 4.40. The van der Waals surface area contributed by atoms with Gasteiger partial charge in [-0.3, -0.25) is 9.78 Å². The highest BCUT2D eigenvalue weighted by molar-refractivity contribution is 5.93. The molecule has 2 N–H and O–H groups in total. The molecule has 1 fully saturated rings. The zero-order valence-electron chi connectivity index (χ0n) is 16.0. The molecule has 1 aliphatic heterocycles. The summed E-state index contributed by atoms with van der Waals surface area (Å²) in [4.78, 5) is 30.0. The van der Waals surface area contributed by atoms with E-state index in [1.165, 1.54) is 0 Å². The Balaban J connectivity index is 1.82. The summed E-state index contributed by atoms with van der Waals surface area (Å²) < 4.78 is 5.01. The van der Waals surface area contributed by atoms with Crippen LogP contribution < -0.4 is 10.6 Å². The van der Waals surface area contributed by atoms with Gasteiger partial charge in [-0.2, -0.15) is 0 Å². The summed E-state index contributed by atoms with van der Waals surface area (Å²) >= 11 is 0. The Hall–Kier alpha value is -2.31. The number of nitrogens with zero attached hydrogens (tertiary/aromatic N) is 2. The van der Waals surface area contributed by atoms with Crippen molar-refractivity contribution in [2.75, 3.05) is 31.6 Å². The summed E-state index contributed by atoms with van der Waals surface area (Å²) in [6.07, 6.45) is 3.88. The molecule has 26 heavy (non-hydrogen) atoms. The normalized spacial score (nSPS) is 15.0. The topological polar surface area (TPSA) is 83.6 Å². The molecule has 2 heterocycles. The standard InChI is InChI=1S/C19H30N4O3/c1-4-26-19(25)23-11-7-15(8-12-23)22-18(24)17-13-16(6-10-21-17)20-9-5-14(2)3/h6,10,13-15H,4-5,7-9,11-12H2,1-3H3,(H,20,21)(H,22,24). The maximum absolute atomic E-state index is 12.5. The van der Waals surface area contributed by atoms with Crippen LogP contribution in [-0.2, 0) is 4.74 Å². The van der Waals surface area contributed by atoms with Gasteiger partial charge in [-0.05, 0) is 44.2 Å². The lowest BCUT2D eigenvalue weighted by molar-refractivity contribution is 0.0856. The van der Waals surface area contributed by atoms with Crippen molar-refractivity contribution in [3.63, 3.8) is 0 Å². The molecule has 0 spiro atoms. The highest BCUT2D eigenvalue weighted by Crippen LogP contribution is 2.13. The summed E-state index contributed by atoms with van der Waals surface area (Å²) in [7, 11) is 0. The number of carbonyl (C=O) groups is 2. The van der Waals surface area contributed by atoms with Gasteiger partial charge in [0.25, 0.3) is 5.91 Å². The molecule has 0 aromatic carbocycles. The van der Waals surface area contributed by atoms with Crippen LogP contribution in [0.3, 0.4) is 0 Å². The van der Waals surface area contributed by atoms with Gasteiger partial charge in [0.15, 0.2) is 0 Å². The number of pyridine rings is 1. The molecule has 0 bridgehead atoms. The van der Waals surface area contributed by atoms with Gasteiger partial charge in [-0.15, -0.1) is 0 Å². The van der Waals surface area contributed by atoms with Crippen molar-refractivity contribution in [2.24, 2.45) is 5.92 Å². The van der Waals surface area contributed by atoms with Crippen molar-refractivity contribution in [3.8, 4) is 0 Å². The van der Waals surface area contributed by atoms with E-state index in [0.717, 1.165) is 31.5 Å². The minimum Gasteiger partial charge on any atom is -0.450 e. The predicted octanol–water partition coefficient (Wildman–Crippen LogP) is 2.89. The van der Waals surface area contributed by atoms with Crippen LogP contribution in [0.15, 0.2) is 18.3 Å². The first kappa shape index (κ1) is 20.0. The van der Waals surface area contributed by atoms with Crippen molar-refractivity contribution in [2.45, 2.75) is 46.1 Å². The fraction of sp³-hybridized carbons (Fsp3) is 0.632. The molecule has 2 amide bonds. The average molecular weight is 362 g/mol. The number of hydrogen-bond donors (Lipinski definition) is 2. The minimum absolute atomic E-state index is 0.0486. The molecule has 0 atom stereocenters. The first-order chi connectivity index (χ1) is 12.5. The lowest BCUT2D eigenvalue weighted by Crippen LogP contribution is -2.46. The van der Waals surface area contributed by atoms with Gasteiger partial charge < -0.3 is 20.3 Å². The second kappa shape index (κ2) is 9.99. The van der Waals surface area contributed by atoms with Gasteiger partial charge in [-0.1, -0.05) is 13.8 Å². The molecule has 144 valence electrons. The SMILES string of the molecule is CCOC(=O)N1CCC(NC(=O)c2cc(NCCC(C)C)ccn2)CC1. The molecule has 1 aromatic heterocycles. The molecular weight excluding hydrogens is 332 g/mol. The molecule has 1 saturated heterocycles. The number of hydrogen-bond acceptors (Lipinski definition) is 5. The molecule has 1 aliphatic rings. The number of likely N-dealkylation sites (tertiary alicyclic amines) is 1. The van der Waals surface area contributed by atoms with Crippen LogP contribution in [0.2, 0.25) is 0 Å². The average Bonchev–Trinajstić information content (AvgIpc) is 2.62. The first-order valence-electron chi connectivity index (χ1n) is 9.42. The number of rotatable bonds is 7. The number of carbonyl (C=O) groups excluding carboxylic acids is 2. The van der Waals surface area contributed by atoms with E-state index in [2.05, 4.69) is 29.5 Å². The Labute approximate surface area is 155 Å². The third-order valence-corrected chi connectivity index (χ3v) is 4.40. The Bertz CT molecular complexity index is 598. The molecule has 2 rings (SSSR count). The van der Waals surface area contributed by atoms with Gasteiger partial charge >= 0.3 is 6.09 Å². The van der Waals surface area contributed by atoms with E-state index >= 15 is 0 Å². The monoisotopic (exact) mass is 362 g/mol. The quantitative estimate of drug-likeness (QED) is 0.779. The van der Waals surface area contributed by atoms with E-state index in [0.29, 0.717) is 31.3 Å². The summed E-state index contributed by atoms with van der Waals surface area (Å²) in [6.45, 7) is 8.59. The maximum Gasteiger partial charge on any atom is 0.409 e. The van der Waals surface area contributed by atoms with E-state index in [1.54, 1.807) is 24.1 Å². The van der Waals surface area contributed by atoms with Crippen LogP contribution in [0.1, 0.15) is 50.5 Å². The maximum atomic E-state index is 12.5. The van der Waals surface area contributed by atoms with Crippen molar-refractivity contribution >= 4 is 17.7 Å². The Morgan fingerprint density at radius 3 is 2.73 bits per heavy atom. The highest BCUT2D eigenvalue weighted by atomic mass is 16.6. The molecule has 7 heteroatoms. The molecule has 0 aliphatic carbocycles. The van der Waals surface area contributed by atoms with Crippen LogP contribution in [0.4, 0.5) is 10.5 Å². The Kier molecular flexibility index (Phi) is 7.69. The molecule has 0 unspecified atom stereocenters. The fourth-order valence-corrected chi connectivity index (χ4v) is 2.85. The zero-order valence-corrected chi connectivity index (χ0v) is 16.0. The number of aromatic nitrogens is 1. The number of ether oxygens (including phenoxy) is 1. The van der Waals surface area contributed by atoms with Gasteiger partial charge in [0.1, 0.15) is 5.69 Å². The molecule has 0 saturated carbocycles. The highest BCUT2D eigenvalue weighted by Gasteiger charge is 2.25. The van der Waals surface area contributed by atoms with Crippen molar-refractivity contribution < 1.29 is 14.3 Å². The van der Waals surface area contributed by atoms with Gasteiger partial charge in [-0.25, -0.2) is 4.79 Å². The Morgan fingerprint density at radius 1 is 1.35 bits per heavy atom. The van der Waals surface area contributed by atoms with E-state index in [9.17, 15) is 9.59 Å². The number of nitrogens with one attached hydrogen (secondary N) is 2. The van der Waals surface area contributed by atoms with Crippen LogP contribution in [0.25, 0.3) is 0 Å². The zero-order chi connectivity index (χ0) is 18.9. The van der Waals surface area contributed by atoms with Crippen LogP contribution in [-0.4, -0.2) is 54.2 Å². The smallest absolute Gasteiger partial charge is 0.409 e. The van der Waals surface area contributed by atoms with Crippen LogP contribution >= 0.6 is 0 Å². The molecule has 0 radical (unpaired) electrons. The molecule has 7 nitrogen and oxygen atoms in total. The lowest BCUT2D eigenvalue weighted by atomic mass is 10.1. The second-order valence-electron chi connectivity index (χ2n) is 6.97.